The molecule has 354 valence electrons. The third-order valence-corrected chi connectivity index (χ3v) is 17.9. The van der Waals surface area contributed by atoms with Crippen LogP contribution >= 0.6 is 0 Å². The van der Waals surface area contributed by atoms with E-state index >= 15 is 0 Å². The predicted molar refractivity (Wildman–Crippen MR) is 210 cm³/mol. The maximum atomic E-state index is 14.6. The number of aliphatic hydroxyl groups is 9. The highest BCUT2D eigenvalue weighted by Crippen LogP contribution is 2.72. The summed E-state index contributed by atoms with van der Waals surface area (Å²) >= 11 is 0. The maximum Gasteiger partial charge on any atom is 0.187 e. The first-order chi connectivity index (χ1) is 29.3. The highest BCUT2D eigenvalue weighted by atomic mass is 16.8. The lowest BCUT2D eigenvalue weighted by molar-refractivity contribution is -0.390. The van der Waals surface area contributed by atoms with Gasteiger partial charge in [0, 0.05) is 30.1 Å². The second-order valence-corrected chi connectivity index (χ2v) is 21.1. The van der Waals surface area contributed by atoms with Crippen LogP contribution in [0.25, 0.3) is 0 Å². The summed E-state index contributed by atoms with van der Waals surface area (Å²) in [6, 6.07) is 0. The molecule has 0 amide bonds. The van der Waals surface area contributed by atoms with Crippen LogP contribution in [0, 0.1) is 46.3 Å². The molecule has 0 aromatic carbocycles. The molecule has 0 aromatic heterocycles. The van der Waals surface area contributed by atoms with E-state index in [0.29, 0.717) is 44.6 Å². The highest BCUT2D eigenvalue weighted by Gasteiger charge is 2.77. The molecule has 0 bridgehead atoms. The molecule has 9 fully saturated rings. The Morgan fingerprint density at radius 2 is 1.45 bits per heavy atom. The van der Waals surface area contributed by atoms with Gasteiger partial charge in [-0.15, -0.1) is 0 Å². The van der Waals surface area contributed by atoms with Crippen LogP contribution in [0.2, 0.25) is 0 Å². The zero-order valence-corrected chi connectivity index (χ0v) is 36.4. The zero-order valence-electron chi connectivity index (χ0n) is 36.4. The summed E-state index contributed by atoms with van der Waals surface area (Å²) in [6.07, 6.45) is -16.4. The van der Waals surface area contributed by atoms with Gasteiger partial charge in [-0.05, 0) is 81.0 Å². The number of ketones is 1. The molecule has 4 aliphatic carbocycles. The molecule has 26 unspecified atom stereocenters. The molecule has 1 spiro atoms. The Labute approximate surface area is 362 Å². The van der Waals surface area contributed by atoms with Gasteiger partial charge in [-0.2, -0.15) is 0 Å². The van der Waals surface area contributed by atoms with E-state index in [4.69, 9.17) is 37.9 Å². The number of carbonyl (C=O) groups excluding carboxylic acids is 1. The standard InChI is InChI=1S/C44H70O18/c1-18-6-11-43(56-16-18)20(3)44(54)29(62-43)14-24-22-13-26(46)25-12-21(7-9-41(25,4)23(22)8-10-42(24,44)5)58-40-37(61-39-35(53)33(51)30(48)19(2)57-39)36(32(50)28(15-45)59-40)60-38-34(52)31(49)27(47)17-55-38/h18-25,27-40,45,47-54H,6-17H2,1-5H3. The minimum absolute atomic E-state index is 0.0768. The number of ether oxygens (including phenoxy) is 8. The van der Waals surface area contributed by atoms with Gasteiger partial charge in [0.2, 0.25) is 0 Å². The Morgan fingerprint density at radius 1 is 0.726 bits per heavy atom. The number of hydrogen-bond donors (Lipinski definition) is 9. The van der Waals surface area contributed by atoms with E-state index in [0.717, 1.165) is 25.7 Å². The predicted octanol–water partition coefficient (Wildman–Crippen LogP) is -0.773. The van der Waals surface area contributed by atoms with E-state index in [1.807, 2.05) is 0 Å². The van der Waals surface area contributed by atoms with Crippen LogP contribution in [0.1, 0.15) is 92.4 Å². The van der Waals surface area contributed by atoms with Gasteiger partial charge in [-0.25, -0.2) is 0 Å². The molecule has 4 saturated carbocycles. The number of rotatable bonds is 7. The number of hydrogen-bond acceptors (Lipinski definition) is 18. The van der Waals surface area contributed by atoms with Crippen molar-refractivity contribution in [3.05, 3.63) is 0 Å². The molecule has 0 radical (unpaired) electrons. The van der Waals surface area contributed by atoms with Gasteiger partial charge >= 0.3 is 0 Å². The van der Waals surface area contributed by atoms with Crippen LogP contribution < -0.4 is 0 Å². The molecule has 0 aromatic rings. The van der Waals surface area contributed by atoms with Gasteiger partial charge in [0.15, 0.2) is 24.7 Å². The Bertz CT molecular complexity index is 1630. The first-order valence-electron chi connectivity index (χ1n) is 23.1. The fourth-order valence-electron chi connectivity index (χ4n) is 14.0. The minimum atomic E-state index is -1.77. The molecule has 26 atom stereocenters. The Kier molecular flexibility index (Phi) is 12.4. The molecule has 5 saturated heterocycles. The number of carbonyl (C=O) groups is 1. The van der Waals surface area contributed by atoms with Crippen molar-refractivity contribution in [2.24, 2.45) is 46.3 Å². The topological polar surface area (TPSA) is 273 Å². The summed E-state index contributed by atoms with van der Waals surface area (Å²) in [6.45, 7) is 9.66. The lowest BCUT2D eigenvalue weighted by atomic mass is 9.43. The average molecular weight is 887 g/mol. The van der Waals surface area contributed by atoms with Crippen molar-refractivity contribution in [2.45, 2.75) is 202 Å². The molecule has 9 N–H and O–H groups in total. The van der Waals surface area contributed by atoms with E-state index < -0.39 is 122 Å². The smallest absolute Gasteiger partial charge is 0.187 e. The quantitative estimate of drug-likeness (QED) is 0.142. The molecule has 9 rings (SSSR count). The van der Waals surface area contributed by atoms with Crippen LogP contribution in [0.15, 0.2) is 0 Å². The average Bonchev–Trinajstić information content (AvgIpc) is 3.60. The van der Waals surface area contributed by atoms with Crippen LogP contribution in [0.4, 0.5) is 0 Å². The minimum Gasteiger partial charge on any atom is -0.394 e. The van der Waals surface area contributed by atoms with Gasteiger partial charge in [-0.1, -0.05) is 27.7 Å². The van der Waals surface area contributed by atoms with Crippen LogP contribution in [-0.2, 0) is 42.7 Å². The molecule has 9 aliphatic rings. The molecule has 62 heavy (non-hydrogen) atoms. The van der Waals surface area contributed by atoms with E-state index in [1.54, 1.807) is 0 Å². The van der Waals surface area contributed by atoms with Crippen LogP contribution in [0.3, 0.4) is 0 Å². The molecule has 18 heteroatoms. The molecular weight excluding hydrogens is 816 g/mol. The zero-order chi connectivity index (χ0) is 44.4. The van der Waals surface area contributed by atoms with Crippen molar-refractivity contribution in [2.75, 3.05) is 19.8 Å². The summed E-state index contributed by atoms with van der Waals surface area (Å²) in [5, 5.41) is 97.9. The van der Waals surface area contributed by atoms with Crippen molar-refractivity contribution >= 4 is 5.78 Å². The van der Waals surface area contributed by atoms with Crippen molar-refractivity contribution in [3.63, 3.8) is 0 Å². The first-order valence-corrected chi connectivity index (χ1v) is 23.1. The Balaban J connectivity index is 0.938. The summed E-state index contributed by atoms with van der Waals surface area (Å²) < 4.78 is 49.5. The molecular formula is C44H70O18. The monoisotopic (exact) mass is 886 g/mol. The van der Waals surface area contributed by atoms with Crippen molar-refractivity contribution in [3.8, 4) is 0 Å². The van der Waals surface area contributed by atoms with Crippen LogP contribution in [-0.4, -0.2) is 181 Å². The van der Waals surface area contributed by atoms with Gasteiger partial charge in [-0.3, -0.25) is 4.79 Å². The Morgan fingerprint density at radius 3 is 2.16 bits per heavy atom. The fraction of sp³-hybridized carbons (Fsp3) is 0.977. The van der Waals surface area contributed by atoms with Gasteiger partial charge in [0.05, 0.1) is 38.1 Å². The second-order valence-electron chi connectivity index (χ2n) is 21.1. The first kappa shape index (κ1) is 46.1. The van der Waals surface area contributed by atoms with Crippen molar-refractivity contribution in [1.82, 2.24) is 0 Å². The third-order valence-electron chi connectivity index (χ3n) is 17.9. The lowest BCUT2D eigenvalue weighted by Crippen LogP contribution is -2.66. The van der Waals surface area contributed by atoms with E-state index in [-0.39, 0.29) is 46.9 Å². The summed E-state index contributed by atoms with van der Waals surface area (Å²) in [5.74, 6) is -0.389. The summed E-state index contributed by atoms with van der Waals surface area (Å²) in [7, 11) is 0. The molecule has 5 aliphatic heterocycles. The second kappa shape index (κ2) is 16.6. The van der Waals surface area contributed by atoms with Gasteiger partial charge < -0.3 is 83.9 Å². The van der Waals surface area contributed by atoms with Crippen LogP contribution in [0.5, 0.6) is 0 Å². The van der Waals surface area contributed by atoms with E-state index in [9.17, 15) is 50.8 Å². The number of fused-ring (bicyclic) bond motifs is 7. The van der Waals surface area contributed by atoms with E-state index in [2.05, 4.69) is 27.7 Å². The largest absolute Gasteiger partial charge is 0.394 e. The Hall–Kier alpha value is -1.01. The highest BCUT2D eigenvalue weighted by molar-refractivity contribution is 5.83. The van der Waals surface area contributed by atoms with Crippen molar-refractivity contribution in [1.29, 1.82) is 0 Å². The summed E-state index contributed by atoms with van der Waals surface area (Å²) in [5.41, 5.74) is -1.88. The number of aliphatic hydroxyl groups excluding tert-OH is 8. The van der Waals surface area contributed by atoms with E-state index in [1.165, 1.54) is 6.92 Å². The summed E-state index contributed by atoms with van der Waals surface area (Å²) in [4.78, 5) is 14.6. The maximum absolute atomic E-state index is 14.6. The molecule has 5 heterocycles. The SMILES string of the molecule is CC1CCC2(OC1)OC1CC3C4CC(=O)C5CC(OC6OC(CO)C(O)C(OC7OCC(O)C(O)C7O)C6OC6OC(C)C(O)C(O)C6O)CCC5(C)C4CCC3(C)C1(O)C2C. The van der Waals surface area contributed by atoms with Gasteiger partial charge in [0.1, 0.15) is 72.4 Å². The number of Topliss-reactive ketones (excluding diaryl/α,β-unsaturated/α-hetero) is 1. The lowest BCUT2D eigenvalue weighted by Gasteiger charge is -2.61. The third kappa shape index (κ3) is 7.03. The van der Waals surface area contributed by atoms with Crippen molar-refractivity contribution < 1.29 is 88.6 Å². The van der Waals surface area contributed by atoms with Gasteiger partial charge in [0.25, 0.3) is 0 Å². The fourth-order valence-corrected chi connectivity index (χ4v) is 14.0. The normalized spacial score (nSPS) is 59.0. The molecule has 18 nitrogen and oxygen atoms in total.